The Hall–Kier alpha value is -4.32. The summed E-state index contributed by atoms with van der Waals surface area (Å²) in [6, 6.07) is 19.3. The number of aryl methyl sites for hydroxylation is 3. The number of amidine groups is 1. The minimum absolute atomic E-state index is 0.299. The van der Waals surface area contributed by atoms with Crippen LogP contribution in [0.15, 0.2) is 78.0 Å². The fourth-order valence-electron chi connectivity index (χ4n) is 5.01. The highest BCUT2D eigenvalue weighted by molar-refractivity contribution is 8.14. The first-order valence-corrected chi connectivity index (χ1v) is 15.3. The highest BCUT2D eigenvalue weighted by atomic mass is 32.2. The van der Waals surface area contributed by atoms with Gasteiger partial charge in [0.2, 0.25) is 0 Å². The number of aliphatic imine (C=N–C) groups is 1. The monoisotopic (exact) mass is 622 g/mol. The molecule has 2 amide bonds. The molecule has 0 saturated carbocycles. The average Bonchev–Trinajstić information content (AvgIpc) is 3.48. The van der Waals surface area contributed by atoms with Gasteiger partial charge in [-0.3, -0.25) is 0 Å². The third kappa shape index (κ3) is 8.19. The molecule has 1 N–H and O–H groups in total. The lowest BCUT2D eigenvalue weighted by atomic mass is 10.1. The zero-order valence-electron chi connectivity index (χ0n) is 24.5. The normalized spacial score (nSPS) is 14.6. The number of nitrogens with zero attached hydrogens (tertiary/aromatic N) is 5. The van der Waals surface area contributed by atoms with E-state index in [0.29, 0.717) is 18.1 Å². The summed E-state index contributed by atoms with van der Waals surface area (Å²) in [6.45, 7) is 5.57. The van der Waals surface area contributed by atoms with Crippen molar-refractivity contribution < 1.29 is 22.7 Å². The maximum Gasteiger partial charge on any atom is 0.573 e. The Morgan fingerprint density at radius 1 is 1.02 bits per heavy atom. The van der Waals surface area contributed by atoms with Gasteiger partial charge in [0.25, 0.3) is 0 Å². The third-order valence-electron chi connectivity index (χ3n) is 7.10. The highest BCUT2D eigenvalue weighted by Gasteiger charge is 2.31. The van der Waals surface area contributed by atoms with Crippen LogP contribution in [0.4, 0.5) is 23.7 Å². The van der Waals surface area contributed by atoms with Gasteiger partial charge < -0.3 is 15.0 Å². The van der Waals surface area contributed by atoms with E-state index in [2.05, 4.69) is 56.0 Å². The van der Waals surface area contributed by atoms with E-state index in [9.17, 15) is 18.0 Å². The molecular formula is C32H33F3N6O2S. The molecule has 0 radical (unpaired) electrons. The summed E-state index contributed by atoms with van der Waals surface area (Å²) in [5, 5.41) is 8.13. The molecule has 1 aliphatic rings. The second-order valence-corrected chi connectivity index (χ2v) is 11.5. The van der Waals surface area contributed by atoms with Gasteiger partial charge in [0, 0.05) is 30.1 Å². The molecule has 0 atom stereocenters. The summed E-state index contributed by atoms with van der Waals surface area (Å²) >= 11 is 1.62. The Morgan fingerprint density at radius 3 is 2.45 bits per heavy atom. The number of rotatable bonds is 9. The van der Waals surface area contributed by atoms with Crippen molar-refractivity contribution in [3.8, 4) is 22.8 Å². The topological polar surface area (TPSA) is 84.6 Å². The summed E-state index contributed by atoms with van der Waals surface area (Å²) in [4.78, 5) is 23.5. The van der Waals surface area contributed by atoms with Crippen LogP contribution in [0.25, 0.3) is 17.1 Å². The molecule has 12 heteroatoms. The van der Waals surface area contributed by atoms with Crippen LogP contribution in [0, 0.1) is 13.8 Å². The number of alkyl halides is 3. The van der Waals surface area contributed by atoms with E-state index in [1.54, 1.807) is 11.8 Å². The molecule has 0 bridgehead atoms. The zero-order valence-corrected chi connectivity index (χ0v) is 25.3. The van der Waals surface area contributed by atoms with Gasteiger partial charge >= 0.3 is 12.4 Å². The Bertz CT molecular complexity index is 1580. The summed E-state index contributed by atoms with van der Waals surface area (Å²) in [5.41, 5.74) is 6.02. The molecule has 2 heterocycles. The van der Waals surface area contributed by atoms with Crippen molar-refractivity contribution >= 4 is 28.6 Å². The number of benzene rings is 3. The fraction of sp³-hybridized carbons (Fsp3) is 0.312. The first-order chi connectivity index (χ1) is 21.2. The van der Waals surface area contributed by atoms with Crippen molar-refractivity contribution in [1.82, 2.24) is 20.1 Å². The minimum atomic E-state index is -4.74. The van der Waals surface area contributed by atoms with Crippen molar-refractivity contribution in [2.75, 3.05) is 23.7 Å². The number of amides is 2. The molecule has 1 aliphatic heterocycles. The molecule has 0 unspecified atom stereocenters. The number of urea groups is 1. The van der Waals surface area contributed by atoms with Gasteiger partial charge in [-0.1, -0.05) is 54.2 Å². The van der Waals surface area contributed by atoms with Gasteiger partial charge in [0.05, 0.1) is 5.69 Å². The van der Waals surface area contributed by atoms with E-state index in [1.807, 2.05) is 30.3 Å². The summed E-state index contributed by atoms with van der Waals surface area (Å²) in [7, 11) is 0. The molecular weight excluding hydrogens is 589 g/mol. The van der Waals surface area contributed by atoms with E-state index >= 15 is 0 Å². The summed E-state index contributed by atoms with van der Waals surface area (Å²) in [5.74, 6) is 1.15. The van der Waals surface area contributed by atoms with Crippen molar-refractivity contribution in [3.05, 3.63) is 89.7 Å². The number of nitrogens with one attached hydrogen (secondary N) is 1. The molecule has 0 spiro atoms. The lowest BCUT2D eigenvalue weighted by Gasteiger charge is -2.31. The number of anilines is 1. The van der Waals surface area contributed by atoms with Crippen molar-refractivity contribution in [2.24, 2.45) is 4.99 Å². The molecule has 1 aromatic heterocycles. The number of aromatic nitrogens is 3. The first-order valence-electron chi connectivity index (χ1n) is 14.4. The van der Waals surface area contributed by atoms with Gasteiger partial charge in [-0.2, -0.15) is 4.99 Å². The predicted molar refractivity (Wildman–Crippen MR) is 168 cm³/mol. The second kappa shape index (κ2) is 14.0. The van der Waals surface area contributed by atoms with E-state index in [-0.39, 0.29) is 11.8 Å². The van der Waals surface area contributed by atoms with Gasteiger partial charge in [0.15, 0.2) is 11.0 Å². The van der Waals surface area contributed by atoms with Gasteiger partial charge in [-0.25, -0.2) is 14.5 Å². The van der Waals surface area contributed by atoms with Crippen molar-refractivity contribution in [1.29, 1.82) is 0 Å². The van der Waals surface area contributed by atoms with E-state index in [0.717, 1.165) is 60.0 Å². The van der Waals surface area contributed by atoms with Crippen LogP contribution in [0.5, 0.6) is 5.75 Å². The zero-order chi connectivity index (χ0) is 31.1. The molecule has 5 rings (SSSR count). The van der Waals surface area contributed by atoms with Crippen LogP contribution < -0.4 is 15.0 Å². The van der Waals surface area contributed by atoms with Gasteiger partial charge in [0.1, 0.15) is 12.1 Å². The quantitative estimate of drug-likeness (QED) is 0.195. The second-order valence-electron chi connectivity index (χ2n) is 10.4. The smallest absolute Gasteiger partial charge is 0.406 e. The number of ether oxygens (including phenoxy) is 1. The van der Waals surface area contributed by atoms with Crippen LogP contribution in [0.2, 0.25) is 0 Å². The minimum Gasteiger partial charge on any atom is -0.406 e. The number of para-hydroxylation sites is 1. The highest BCUT2D eigenvalue weighted by Crippen LogP contribution is 2.31. The lowest BCUT2D eigenvalue weighted by Crippen LogP contribution is -2.36. The largest absolute Gasteiger partial charge is 0.573 e. The van der Waals surface area contributed by atoms with Crippen molar-refractivity contribution in [3.63, 3.8) is 0 Å². The van der Waals surface area contributed by atoms with E-state index in [4.69, 9.17) is 0 Å². The van der Waals surface area contributed by atoms with E-state index < -0.39 is 6.36 Å². The molecule has 3 aromatic carbocycles. The Labute approximate surface area is 258 Å². The fourth-order valence-corrected chi connectivity index (χ4v) is 5.95. The summed E-state index contributed by atoms with van der Waals surface area (Å²) < 4.78 is 42.6. The van der Waals surface area contributed by atoms with E-state index in [1.165, 1.54) is 46.4 Å². The number of halogens is 3. The third-order valence-corrected chi connectivity index (χ3v) is 8.16. The molecule has 4 aromatic rings. The number of unbranched alkanes of at least 4 members (excludes halogenated alkanes) is 1. The number of carbonyl (C=O) groups excluding carboxylic acids is 1. The number of hydrogen-bond donors (Lipinski definition) is 1. The molecule has 8 nitrogen and oxygen atoms in total. The SMILES string of the molecule is Cc1cccc(C)c1N1CCCS/C1=N\C(=O)NCCCCc1ccc(-c2ncn(-c3ccc(OC(F)(F)F)cc3)n2)cc1. The molecule has 230 valence electrons. The Balaban J connectivity index is 1.08. The van der Waals surface area contributed by atoms with Crippen LogP contribution in [-0.4, -0.2) is 51.2 Å². The Kier molecular flexibility index (Phi) is 9.89. The lowest BCUT2D eigenvalue weighted by molar-refractivity contribution is -0.274. The van der Waals surface area contributed by atoms with Crippen molar-refractivity contribution in [2.45, 2.75) is 45.9 Å². The maximum absolute atomic E-state index is 12.6. The molecule has 0 aliphatic carbocycles. The molecule has 1 saturated heterocycles. The molecule has 44 heavy (non-hydrogen) atoms. The maximum atomic E-state index is 12.6. The Morgan fingerprint density at radius 2 is 1.75 bits per heavy atom. The van der Waals surface area contributed by atoms with Crippen LogP contribution in [-0.2, 0) is 6.42 Å². The standard InChI is InChI=1S/C32H33F3N6O2S/c1-22-7-5-8-23(2)28(22)40-19-6-20-44-31(40)38-30(42)36-18-4-3-9-24-10-12-25(13-11-24)29-37-21-41(39-29)26-14-16-27(17-15-26)43-32(33,34)35/h5,7-8,10-17,21H,3-4,6,9,18-20H2,1-2H3,(H,36,42)/b38-31-. The molecule has 1 fully saturated rings. The first kappa shape index (κ1) is 31.1. The number of carbonyl (C=O) groups is 1. The number of hydrogen-bond acceptors (Lipinski definition) is 5. The van der Waals surface area contributed by atoms with Gasteiger partial charge in [-0.05, 0) is 80.5 Å². The predicted octanol–water partition coefficient (Wildman–Crippen LogP) is 7.48. The van der Waals surface area contributed by atoms with Crippen LogP contribution in [0.1, 0.15) is 36.0 Å². The van der Waals surface area contributed by atoms with Crippen LogP contribution >= 0.6 is 11.8 Å². The summed E-state index contributed by atoms with van der Waals surface area (Å²) in [6.07, 6.45) is 0.398. The van der Waals surface area contributed by atoms with Crippen LogP contribution in [0.3, 0.4) is 0 Å². The average molecular weight is 623 g/mol. The number of thioether (sulfide) groups is 1. The van der Waals surface area contributed by atoms with Gasteiger partial charge in [-0.15, -0.1) is 18.3 Å².